The van der Waals surface area contributed by atoms with Crippen molar-refractivity contribution in [1.82, 2.24) is 0 Å². The Hall–Kier alpha value is -0.280. The minimum Gasteiger partial charge on any atom is -0.481 e. The summed E-state index contributed by atoms with van der Waals surface area (Å²) in [7, 11) is 0. The number of hydrogen-bond acceptors (Lipinski definition) is 2. The molecule has 0 aliphatic heterocycles. The molecule has 0 aromatic rings. The number of halogens is 1. The van der Waals surface area contributed by atoms with Gasteiger partial charge in [-0.05, 0) is 6.92 Å². The zero-order chi connectivity index (χ0) is 7.15. The number of carbonyl (C=O) groups is 1. The van der Waals surface area contributed by atoms with Crippen LogP contribution in [0, 0.1) is 0 Å². The van der Waals surface area contributed by atoms with E-state index in [1.807, 2.05) is 0 Å². The normalized spacial score (nSPS) is 11.0. The van der Waals surface area contributed by atoms with Gasteiger partial charge in [0.1, 0.15) is 0 Å². The van der Waals surface area contributed by atoms with Crippen LogP contribution in [0.1, 0.15) is 13.8 Å². The van der Waals surface area contributed by atoms with Gasteiger partial charge in [0.25, 0.3) is 5.97 Å². The highest BCUT2D eigenvalue weighted by atomic mass is 35.5. The van der Waals surface area contributed by atoms with E-state index >= 15 is 0 Å². The molecule has 0 bridgehead atoms. The minimum absolute atomic E-state index is 0.194. The van der Waals surface area contributed by atoms with Crippen molar-refractivity contribution in [2.45, 2.75) is 19.3 Å². The maximum absolute atomic E-state index is 9.00. The van der Waals surface area contributed by atoms with E-state index in [0.717, 1.165) is 6.92 Å². The maximum atomic E-state index is 9.00. The maximum Gasteiger partial charge on any atom is 0.300 e. The third-order valence-corrected chi connectivity index (χ3v) is 0. The minimum atomic E-state index is -0.833. The summed E-state index contributed by atoms with van der Waals surface area (Å²) in [5, 5.41) is 7.42. The molecule has 1 unspecified atom stereocenters. The van der Waals surface area contributed by atoms with Gasteiger partial charge in [-0.15, -0.1) is 11.6 Å². The molecule has 0 spiro atoms. The molecule has 0 aromatic heterocycles. The zero-order valence-corrected chi connectivity index (χ0v) is 5.64. The van der Waals surface area contributed by atoms with E-state index in [-0.39, 0.29) is 5.50 Å². The molecule has 0 aromatic carbocycles. The summed E-state index contributed by atoms with van der Waals surface area (Å²) in [4.78, 5) is 9.00. The van der Waals surface area contributed by atoms with Crippen molar-refractivity contribution >= 4 is 17.6 Å². The van der Waals surface area contributed by atoms with Crippen LogP contribution in [0.15, 0.2) is 0 Å². The average Bonchev–Trinajstić information content (AvgIpc) is 1.25. The molecule has 0 heterocycles. The highest BCUT2D eigenvalue weighted by Gasteiger charge is 1.70. The van der Waals surface area contributed by atoms with E-state index in [0.29, 0.717) is 0 Å². The molecule has 0 saturated heterocycles. The van der Waals surface area contributed by atoms with Crippen LogP contribution in [0.2, 0.25) is 0 Å². The van der Waals surface area contributed by atoms with E-state index in [1.165, 1.54) is 0 Å². The van der Waals surface area contributed by atoms with Crippen molar-refractivity contribution in [3.05, 3.63) is 0 Å². The topological polar surface area (TPSA) is 63.3 Å². The number of carboxylic acids is 1. The molecule has 8 heavy (non-hydrogen) atoms. The highest BCUT2D eigenvalue weighted by molar-refractivity contribution is 6.19. The monoisotopic (exact) mass is 139 g/mol. The number of alkyl halides is 1. The molecule has 0 rings (SSSR count). The predicted molar refractivity (Wildman–Crippen MR) is 32.8 cm³/mol. The Morgan fingerprint density at radius 2 is 1.88 bits per heavy atom. The lowest BCUT2D eigenvalue weighted by atomic mass is 10.8. The number of rotatable bonds is 0. The van der Waals surface area contributed by atoms with E-state index in [9.17, 15) is 0 Å². The van der Waals surface area contributed by atoms with Crippen LogP contribution in [0.3, 0.4) is 0 Å². The summed E-state index contributed by atoms with van der Waals surface area (Å²) in [6.07, 6.45) is 0. The molecule has 3 nitrogen and oxygen atoms in total. The van der Waals surface area contributed by atoms with Crippen LogP contribution in [-0.2, 0) is 4.79 Å². The van der Waals surface area contributed by atoms with Crippen molar-refractivity contribution in [2.75, 3.05) is 0 Å². The van der Waals surface area contributed by atoms with Gasteiger partial charge in [-0.2, -0.15) is 0 Å². The lowest BCUT2D eigenvalue weighted by Crippen LogP contribution is -2.03. The van der Waals surface area contributed by atoms with Crippen molar-refractivity contribution in [3.63, 3.8) is 0 Å². The third-order valence-electron chi connectivity index (χ3n) is 0. The number of carboxylic acid groups (broad SMARTS) is 1. The first-order valence-corrected chi connectivity index (χ1v) is 2.49. The summed E-state index contributed by atoms with van der Waals surface area (Å²) in [6, 6.07) is 0. The summed E-state index contributed by atoms with van der Waals surface area (Å²) in [6.45, 7) is 2.79. The summed E-state index contributed by atoms with van der Waals surface area (Å²) in [5.74, 6) is -0.833. The second kappa shape index (κ2) is 6.72. The Morgan fingerprint density at radius 3 is 1.88 bits per heavy atom. The standard InChI is InChI=1S/C2H6ClN.C2H4O2/c2*1-2(3)4/h2H,4H2,1H3;1H3,(H,3,4). The van der Waals surface area contributed by atoms with Crippen LogP contribution >= 0.6 is 11.6 Å². The molecular formula is C4H10ClNO2. The first-order valence-electron chi connectivity index (χ1n) is 2.06. The van der Waals surface area contributed by atoms with Crippen molar-refractivity contribution in [3.8, 4) is 0 Å². The Kier molecular flexibility index (Phi) is 8.95. The zero-order valence-electron chi connectivity index (χ0n) is 4.89. The smallest absolute Gasteiger partial charge is 0.300 e. The van der Waals surface area contributed by atoms with E-state index in [2.05, 4.69) is 0 Å². The summed E-state index contributed by atoms with van der Waals surface area (Å²) in [5.41, 5.74) is 4.68. The fourth-order valence-corrected chi connectivity index (χ4v) is 0. The van der Waals surface area contributed by atoms with Crippen LogP contribution in [0.4, 0.5) is 0 Å². The second-order valence-corrected chi connectivity index (χ2v) is 1.88. The Balaban J connectivity index is 0. The molecule has 0 radical (unpaired) electrons. The Bertz CT molecular complexity index is 58.3. The van der Waals surface area contributed by atoms with E-state index in [4.69, 9.17) is 27.2 Å². The van der Waals surface area contributed by atoms with Gasteiger partial charge < -0.3 is 10.8 Å². The fourth-order valence-electron chi connectivity index (χ4n) is 0. The molecular weight excluding hydrogens is 130 g/mol. The quantitative estimate of drug-likeness (QED) is 0.382. The van der Waals surface area contributed by atoms with Crippen LogP contribution in [0.25, 0.3) is 0 Å². The van der Waals surface area contributed by atoms with E-state index < -0.39 is 5.97 Å². The van der Waals surface area contributed by atoms with Gasteiger partial charge in [0.15, 0.2) is 0 Å². The van der Waals surface area contributed by atoms with Gasteiger partial charge in [-0.25, -0.2) is 0 Å². The molecule has 0 amide bonds. The second-order valence-electron chi connectivity index (χ2n) is 1.20. The molecule has 4 heteroatoms. The largest absolute Gasteiger partial charge is 0.481 e. The number of nitrogens with two attached hydrogens (primary N) is 1. The molecule has 0 fully saturated rings. The van der Waals surface area contributed by atoms with Gasteiger partial charge in [-0.1, -0.05) is 0 Å². The Morgan fingerprint density at radius 1 is 1.88 bits per heavy atom. The average molecular weight is 140 g/mol. The van der Waals surface area contributed by atoms with Gasteiger partial charge in [-0.3, -0.25) is 4.79 Å². The molecule has 0 aliphatic carbocycles. The van der Waals surface area contributed by atoms with E-state index in [1.54, 1.807) is 6.92 Å². The Labute approximate surface area is 53.4 Å². The predicted octanol–water partition coefficient (Wildman–Crippen LogP) is 0.621. The molecule has 1 atom stereocenters. The summed E-state index contributed by atoms with van der Waals surface area (Å²) >= 11 is 5.05. The molecule has 0 aliphatic rings. The van der Waals surface area contributed by atoms with Crippen molar-refractivity contribution in [2.24, 2.45) is 5.73 Å². The number of aliphatic carboxylic acids is 1. The molecule has 0 saturated carbocycles. The van der Waals surface area contributed by atoms with Gasteiger partial charge in [0, 0.05) is 6.92 Å². The SMILES string of the molecule is CC(=O)O.CC(N)Cl. The molecule has 50 valence electrons. The van der Waals surface area contributed by atoms with Gasteiger partial charge in [0.05, 0.1) is 5.50 Å². The van der Waals surface area contributed by atoms with Crippen LogP contribution in [0.5, 0.6) is 0 Å². The van der Waals surface area contributed by atoms with Crippen molar-refractivity contribution in [1.29, 1.82) is 0 Å². The highest BCUT2D eigenvalue weighted by Crippen LogP contribution is 1.74. The lowest BCUT2D eigenvalue weighted by molar-refractivity contribution is -0.134. The van der Waals surface area contributed by atoms with Crippen LogP contribution in [-0.4, -0.2) is 16.6 Å². The fraction of sp³-hybridized carbons (Fsp3) is 0.750. The van der Waals surface area contributed by atoms with Crippen molar-refractivity contribution < 1.29 is 9.90 Å². The first kappa shape index (κ1) is 10.7. The lowest BCUT2D eigenvalue weighted by Gasteiger charge is -1.78. The summed E-state index contributed by atoms with van der Waals surface area (Å²) < 4.78 is 0. The van der Waals surface area contributed by atoms with Gasteiger partial charge >= 0.3 is 0 Å². The third kappa shape index (κ3) is 1630. The van der Waals surface area contributed by atoms with Gasteiger partial charge in [0.2, 0.25) is 0 Å². The van der Waals surface area contributed by atoms with Crippen LogP contribution < -0.4 is 5.73 Å². The first-order chi connectivity index (χ1) is 3.46. The number of hydrogen-bond donors (Lipinski definition) is 2. The molecule has 3 N–H and O–H groups in total.